The topological polar surface area (TPSA) is 32.3 Å². The van der Waals surface area contributed by atoms with Gasteiger partial charge in [0.25, 0.3) is 0 Å². The Hall–Kier alpha value is -0.540. The van der Waals surface area contributed by atoms with Gasteiger partial charge in [-0.25, -0.2) is 0 Å². The summed E-state index contributed by atoms with van der Waals surface area (Å²) in [6.45, 7) is 0. The van der Waals surface area contributed by atoms with Crippen LogP contribution in [0.2, 0.25) is 0 Å². The highest BCUT2D eigenvalue weighted by molar-refractivity contribution is 9.10. The molecule has 19 heavy (non-hydrogen) atoms. The third-order valence-corrected chi connectivity index (χ3v) is 5.95. The molecule has 0 amide bonds. The highest BCUT2D eigenvalue weighted by atomic mass is 79.9. The van der Waals surface area contributed by atoms with E-state index >= 15 is 0 Å². The van der Waals surface area contributed by atoms with E-state index in [2.05, 4.69) is 45.5 Å². The van der Waals surface area contributed by atoms with Crippen molar-refractivity contribution in [2.45, 2.75) is 43.7 Å². The van der Waals surface area contributed by atoms with Crippen LogP contribution in [0, 0.1) is 17.8 Å². The van der Waals surface area contributed by atoms with Gasteiger partial charge in [-0.3, -0.25) is 0 Å². The average Bonchev–Trinajstić information content (AvgIpc) is 2.34. The van der Waals surface area contributed by atoms with Crippen molar-refractivity contribution in [3.05, 3.63) is 28.7 Å². The van der Waals surface area contributed by atoms with Crippen LogP contribution < -0.4 is 5.32 Å². The lowest BCUT2D eigenvalue weighted by atomic mass is 9.52. The summed E-state index contributed by atoms with van der Waals surface area (Å²) in [7, 11) is 0. The van der Waals surface area contributed by atoms with Crippen molar-refractivity contribution in [2.24, 2.45) is 17.8 Å². The second-order valence-electron chi connectivity index (χ2n) is 6.87. The van der Waals surface area contributed by atoms with E-state index in [1.54, 1.807) is 0 Å². The fourth-order valence-electron chi connectivity index (χ4n) is 4.96. The van der Waals surface area contributed by atoms with Gasteiger partial charge in [0.2, 0.25) is 0 Å². The van der Waals surface area contributed by atoms with E-state index in [0.717, 1.165) is 29.7 Å². The Balaban J connectivity index is 1.55. The summed E-state index contributed by atoms with van der Waals surface area (Å²) in [6, 6.07) is 9.03. The predicted octanol–water partition coefficient (Wildman–Crippen LogP) is 3.80. The normalized spacial score (nSPS) is 43.5. The van der Waals surface area contributed by atoms with Gasteiger partial charge in [0.05, 0.1) is 5.60 Å². The van der Waals surface area contributed by atoms with Crippen LogP contribution in [-0.2, 0) is 0 Å². The van der Waals surface area contributed by atoms with Gasteiger partial charge >= 0.3 is 0 Å². The molecule has 4 saturated carbocycles. The Bertz CT molecular complexity index is 470. The first-order chi connectivity index (χ1) is 9.11. The van der Waals surface area contributed by atoms with Crippen molar-refractivity contribution in [2.75, 3.05) is 5.32 Å². The summed E-state index contributed by atoms with van der Waals surface area (Å²) >= 11 is 3.48. The molecule has 0 aliphatic heterocycles. The van der Waals surface area contributed by atoms with Gasteiger partial charge in [-0.2, -0.15) is 0 Å². The van der Waals surface area contributed by atoms with Crippen LogP contribution in [0.5, 0.6) is 0 Å². The van der Waals surface area contributed by atoms with Crippen molar-refractivity contribution in [1.82, 2.24) is 0 Å². The van der Waals surface area contributed by atoms with Gasteiger partial charge in [0, 0.05) is 16.2 Å². The standard InChI is InChI=1S/C16H20BrNO/c17-13-1-3-14(4-2-13)18-15-11-5-10-6-12(15)9-16(19,7-10)8-11/h1-4,10-12,15,18-19H,5-9H2. The van der Waals surface area contributed by atoms with Crippen molar-refractivity contribution < 1.29 is 5.11 Å². The average molecular weight is 322 g/mol. The van der Waals surface area contributed by atoms with Crippen LogP contribution >= 0.6 is 15.9 Å². The Kier molecular flexibility index (Phi) is 2.72. The van der Waals surface area contributed by atoms with E-state index < -0.39 is 0 Å². The minimum Gasteiger partial charge on any atom is -0.390 e. The Labute approximate surface area is 122 Å². The fraction of sp³-hybridized carbons (Fsp3) is 0.625. The van der Waals surface area contributed by atoms with E-state index in [9.17, 15) is 5.11 Å². The van der Waals surface area contributed by atoms with Gasteiger partial charge in [-0.15, -0.1) is 0 Å². The van der Waals surface area contributed by atoms with Crippen LogP contribution in [0.15, 0.2) is 28.7 Å². The lowest BCUT2D eigenvalue weighted by molar-refractivity contribution is -0.129. The largest absolute Gasteiger partial charge is 0.390 e. The fourth-order valence-corrected chi connectivity index (χ4v) is 5.22. The number of hydrogen-bond donors (Lipinski definition) is 2. The van der Waals surface area contributed by atoms with Crippen molar-refractivity contribution in [1.29, 1.82) is 0 Å². The molecule has 4 aliphatic rings. The molecule has 1 aromatic carbocycles. The first-order valence-electron chi connectivity index (χ1n) is 7.36. The number of hydrogen-bond acceptors (Lipinski definition) is 2. The minimum absolute atomic E-state index is 0.325. The van der Waals surface area contributed by atoms with Crippen LogP contribution in [-0.4, -0.2) is 16.7 Å². The maximum absolute atomic E-state index is 10.6. The smallest absolute Gasteiger partial charge is 0.0657 e. The molecule has 1 aromatic rings. The summed E-state index contributed by atoms with van der Waals surface area (Å²) < 4.78 is 1.12. The lowest BCUT2D eigenvalue weighted by Crippen LogP contribution is -2.58. The molecule has 0 saturated heterocycles. The Morgan fingerprint density at radius 1 is 1.05 bits per heavy atom. The molecule has 4 bridgehead atoms. The van der Waals surface area contributed by atoms with Crippen molar-refractivity contribution >= 4 is 21.6 Å². The summed E-state index contributed by atoms with van der Waals surface area (Å²) in [6.07, 6.45) is 5.70. The van der Waals surface area contributed by atoms with E-state index in [-0.39, 0.29) is 5.60 Å². The van der Waals surface area contributed by atoms with Gasteiger partial charge in [-0.1, -0.05) is 15.9 Å². The number of halogens is 1. The maximum atomic E-state index is 10.6. The van der Waals surface area contributed by atoms with E-state index in [0.29, 0.717) is 17.9 Å². The first kappa shape index (κ1) is 12.2. The second kappa shape index (κ2) is 4.23. The number of benzene rings is 1. The zero-order chi connectivity index (χ0) is 13.0. The second-order valence-corrected chi connectivity index (χ2v) is 7.79. The molecule has 102 valence electrons. The van der Waals surface area contributed by atoms with Gasteiger partial charge in [0.15, 0.2) is 0 Å². The van der Waals surface area contributed by atoms with Crippen LogP contribution in [0.4, 0.5) is 5.69 Å². The third-order valence-electron chi connectivity index (χ3n) is 5.42. The SMILES string of the molecule is OC12CC3CC(C1)C(Nc1ccc(Br)cc1)C(C3)C2. The van der Waals surface area contributed by atoms with Gasteiger partial charge in [0.1, 0.15) is 0 Å². The molecule has 0 spiro atoms. The Morgan fingerprint density at radius 2 is 1.68 bits per heavy atom. The molecule has 4 fully saturated rings. The highest BCUT2D eigenvalue weighted by Crippen LogP contribution is 2.56. The molecule has 0 radical (unpaired) electrons. The zero-order valence-electron chi connectivity index (χ0n) is 11.0. The van der Waals surface area contributed by atoms with Crippen molar-refractivity contribution in [3.63, 3.8) is 0 Å². The summed E-state index contributed by atoms with van der Waals surface area (Å²) in [5.41, 5.74) is 0.890. The minimum atomic E-state index is -0.325. The van der Waals surface area contributed by atoms with E-state index in [1.807, 2.05) is 0 Å². The predicted molar refractivity (Wildman–Crippen MR) is 80.1 cm³/mol. The molecular weight excluding hydrogens is 302 g/mol. The molecule has 2 unspecified atom stereocenters. The van der Waals surface area contributed by atoms with Crippen LogP contribution in [0.25, 0.3) is 0 Å². The molecule has 5 rings (SSSR count). The van der Waals surface area contributed by atoms with Crippen LogP contribution in [0.1, 0.15) is 32.1 Å². The highest BCUT2D eigenvalue weighted by Gasteiger charge is 2.54. The van der Waals surface area contributed by atoms with Gasteiger partial charge in [-0.05, 0) is 74.1 Å². The third kappa shape index (κ3) is 2.11. The van der Waals surface area contributed by atoms with E-state index in [4.69, 9.17) is 0 Å². The monoisotopic (exact) mass is 321 g/mol. The number of anilines is 1. The maximum Gasteiger partial charge on any atom is 0.0657 e. The number of nitrogens with one attached hydrogen (secondary N) is 1. The van der Waals surface area contributed by atoms with Crippen molar-refractivity contribution in [3.8, 4) is 0 Å². The lowest BCUT2D eigenvalue weighted by Gasteiger charge is -2.58. The van der Waals surface area contributed by atoms with Crippen LogP contribution in [0.3, 0.4) is 0 Å². The molecule has 0 aromatic heterocycles. The molecule has 3 heteroatoms. The first-order valence-corrected chi connectivity index (χ1v) is 8.15. The summed E-state index contributed by atoms with van der Waals surface area (Å²) in [4.78, 5) is 0. The molecule has 2 atom stereocenters. The number of rotatable bonds is 2. The van der Waals surface area contributed by atoms with E-state index in [1.165, 1.54) is 18.5 Å². The van der Waals surface area contributed by atoms with Gasteiger partial charge < -0.3 is 10.4 Å². The molecule has 2 N–H and O–H groups in total. The summed E-state index contributed by atoms with van der Waals surface area (Å²) in [5, 5.41) is 14.3. The molecule has 0 heterocycles. The quantitative estimate of drug-likeness (QED) is 0.868. The summed E-state index contributed by atoms with van der Waals surface area (Å²) in [5.74, 6) is 2.12. The Morgan fingerprint density at radius 3 is 2.26 bits per heavy atom. The molecule has 2 nitrogen and oxygen atoms in total. The molecule has 4 aliphatic carbocycles. The number of aliphatic hydroxyl groups is 1. The zero-order valence-corrected chi connectivity index (χ0v) is 12.6. The molecular formula is C16H20BrNO.